The van der Waals surface area contributed by atoms with Gasteiger partial charge in [0, 0.05) is 11.5 Å². The molecule has 1 aromatic carbocycles. The molecule has 1 aliphatic rings. The predicted octanol–water partition coefficient (Wildman–Crippen LogP) is 4.20. The van der Waals surface area contributed by atoms with E-state index in [2.05, 4.69) is 32.6 Å². The molecule has 1 atom stereocenters. The van der Waals surface area contributed by atoms with E-state index >= 15 is 0 Å². The summed E-state index contributed by atoms with van der Waals surface area (Å²) in [6, 6.07) is 8.19. The SMILES string of the molecule is C=C/C=C\C1=C(C)[C@@H](C)c2ccccc2O1. The van der Waals surface area contributed by atoms with Gasteiger partial charge in [0.05, 0.1) is 0 Å². The molecule has 0 fully saturated rings. The first-order valence-electron chi connectivity index (χ1n) is 5.50. The van der Waals surface area contributed by atoms with E-state index < -0.39 is 0 Å². The standard InChI is InChI=1S/C15H16O/c1-4-5-9-14-12(3)11(2)13-8-6-7-10-15(13)16-14/h4-11H,1H2,2-3H3/b9-5-/t11-/m1/s1. The zero-order valence-electron chi connectivity index (χ0n) is 9.73. The molecule has 1 nitrogen and oxygen atoms in total. The third kappa shape index (κ3) is 1.81. The van der Waals surface area contributed by atoms with E-state index in [0.29, 0.717) is 5.92 Å². The molecular weight excluding hydrogens is 196 g/mol. The fourth-order valence-corrected chi connectivity index (χ4v) is 1.90. The number of benzene rings is 1. The molecule has 0 amide bonds. The van der Waals surface area contributed by atoms with Gasteiger partial charge in [0.1, 0.15) is 11.5 Å². The van der Waals surface area contributed by atoms with Gasteiger partial charge < -0.3 is 4.74 Å². The van der Waals surface area contributed by atoms with E-state index in [4.69, 9.17) is 4.74 Å². The van der Waals surface area contributed by atoms with Gasteiger partial charge in [-0.15, -0.1) is 0 Å². The lowest BCUT2D eigenvalue weighted by Gasteiger charge is -2.25. The number of para-hydroxylation sites is 1. The fraction of sp³-hybridized carbons (Fsp3) is 0.200. The Labute approximate surface area is 96.8 Å². The molecule has 0 radical (unpaired) electrons. The van der Waals surface area contributed by atoms with Gasteiger partial charge in [0.2, 0.25) is 0 Å². The van der Waals surface area contributed by atoms with Crippen molar-refractivity contribution in [2.45, 2.75) is 19.8 Å². The Hall–Kier alpha value is -1.76. The van der Waals surface area contributed by atoms with E-state index in [9.17, 15) is 0 Å². The minimum atomic E-state index is 0.411. The normalized spacial score (nSPS) is 19.5. The molecule has 1 heteroatoms. The molecule has 0 N–H and O–H groups in total. The highest BCUT2D eigenvalue weighted by atomic mass is 16.5. The molecule has 0 aliphatic carbocycles. The Balaban J connectivity index is 2.42. The molecule has 0 saturated carbocycles. The summed E-state index contributed by atoms with van der Waals surface area (Å²) < 4.78 is 5.86. The molecule has 16 heavy (non-hydrogen) atoms. The number of hydrogen-bond acceptors (Lipinski definition) is 1. The lowest BCUT2D eigenvalue weighted by Crippen LogP contribution is -2.10. The zero-order valence-corrected chi connectivity index (χ0v) is 9.73. The van der Waals surface area contributed by atoms with Gasteiger partial charge in [-0.05, 0) is 24.6 Å². The van der Waals surface area contributed by atoms with Crippen LogP contribution >= 0.6 is 0 Å². The minimum Gasteiger partial charge on any atom is -0.457 e. The second-order valence-electron chi connectivity index (χ2n) is 4.00. The van der Waals surface area contributed by atoms with Crippen LogP contribution in [0.1, 0.15) is 25.3 Å². The predicted molar refractivity (Wildman–Crippen MR) is 67.5 cm³/mol. The maximum absolute atomic E-state index is 5.86. The summed E-state index contributed by atoms with van der Waals surface area (Å²) in [6.07, 6.45) is 5.63. The van der Waals surface area contributed by atoms with Crippen LogP contribution in [0.5, 0.6) is 5.75 Å². The van der Waals surface area contributed by atoms with E-state index in [1.807, 2.05) is 24.3 Å². The summed E-state index contributed by atoms with van der Waals surface area (Å²) in [4.78, 5) is 0. The Morgan fingerprint density at radius 3 is 2.81 bits per heavy atom. The fourth-order valence-electron chi connectivity index (χ4n) is 1.90. The molecule has 0 aromatic heterocycles. The van der Waals surface area contributed by atoms with Crippen molar-refractivity contribution >= 4 is 0 Å². The molecule has 2 rings (SSSR count). The van der Waals surface area contributed by atoms with Crippen LogP contribution < -0.4 is 4.74 Å². The van der Waals surface area contributed by atoms with Gasteiger partial charge >= 0.3 is 0 Å². The Morgan fingerprint density at radius 1 is 1.31 bits per heavy atom. The van der Waals surface area contributed by atoms with Gasteiger partial charge in [-0.3, -0.25) is 0 Å². The van der Waals surface area contributed by atoms with Crippen molar-refractivity contribution in [3.05, 3.63) is 66.0 Å². The topological polar surface area (TPSA) is 9.23 Å². The minimum absolute atomic E-state index is 0.411. The molecule has 1 aliphatic heterocycles. The van der Waals surface area contributed by atoms with Crippen LogP contribution in [0.3, 0.4) is 0 Å². The van der Waals surface area contributed by atoms with Crippen LogP contribution in [0, 0.1) is 0 Å². The number of hydrogen-bond donors (Lipinski definition) is 0. The van der Waals surface area contributed by atoms with Gasteiger partial charge in [0.15, 0.2) is 0 Å². The molecule has 82 valence electrons. The average Bonchev–Trinajstić information content (AvgIpc) is 2.32. The van der Waals surface area contributed by atoms with E-state index in [1.54, 1.807) is 6.08 Å². The second-order valence-corrected chi connectivity index (χ2v) is 4.00. The van der Waals surface area contributed by atoms with Crippen LogP contribution in [0.25, 0.3) is 0 Å². The number of ether oxygens (including phenoxy) is 1. The van der Waals surface area contributed by atoms with Crippen LogP contribution in [-0.4, -0.2) is 0 Å². The zero-order chi connectivity index (χ0) is 11.5. The highest BCUT2D eigenvalue weighted by molar-refractivity contribution is 5.47. The lowest BCUT2D eigenvalue weighted by atomic mass is 9.90. The molecule has 0 saturated heterocycles. The maximum atomic E-state index is 5.86. The quantitative estimate of drug-likeness (QED) is 0.668. The molecule has 1 heterocycles. The first-order chi connectivity index (χ1) is 7.74. The van der Waals surface area contributed by atoms with Gasteiger partial charge in [-0.1, -0.05) is 43.9 Å². The van der Waals surface area contributed by atoms with Crippen LogP contribution in [0.2, 0.25) is 0 Å². The number of fused-ring (bicyclic) bond motifs is 1. The Morgan fingerprint density at radius 2 is 2.06 bits per heavy atom. The highest BCUT2D eigenvalue weighted by Gasteiger charge is 2.21. The second kappa shape index (κ2) is 4.40. The summed E-state index contributed by atoms with van der Waals surface area (Å²) >= 11 is 0. The summed E-state index contributed by atoms with van der Waals surface area (Å²) in [5, 5.41) is 0. The average molecular weight is 212 g/mol. The smallest absolute Gasteiger partial charge is 0.131 e. The van der Waals surface area contributed by atoms with Crippen molar-refractivity contribution in [1.82, 2.24) is 0 Å². The molecule has 0 spiro atoms. The van der Waals surface area contributed by atoms with Crippen molar-refractivity contribution in [3.8, 4) is 5.75 Å². The largest absolute Gasteiger partial charge is 0.457 e. The molecular formula is C15H16O. The van der Waals surface area contributed by atoms with E-state index in [-0.39, 0.29) is 0 Å². The highest BCUT2D eigenvalue weighted by Crippen LogP contribution is 2.38. The van der Waals surface area contributed by atoms with E-state index in [1.165, 1.54) is 11.1 Å². The van der Waals surface area contributed by atoms with Crippen LogP contribution in [0.15, 0.2) is 60.4 Å². The summed E-state index contributed by atoms with van der Waals surface area (Å²) in [5.41, 5.74) is 2.52. The first-order valence-corrected chi connectivity index (χ1v) is 5.50. The van der Waals surface area contributed by atoms with Gasteiger partial charge in [0.25, 0.3) is 0 Å². The van der Waals surface area contributed by atoms with Crippen molar-refractivity contribution in [1.29, 1.82) is 0 Å². The monoisotopic (exact) mass is 212 g/mol. The van der Waals surface area contributed by atoms with Gasteiger partial charge in [-0.25, -0.2) is 0 Å². The number of allylic oxidation sites excluding steroid dienone is 4. The summed E-state index contributed by atoms with van der Waals surface area (Å²) in [7, 11) is 0. The van der Waals surface area contributed by atoms with Crippen LogP contribution in [-0.2, 0) is 0 Å². The van der Waals surface area contributed by atoms with Crippen molar-refractivity contribution in [2.75, 3.05) is 0 Å². The van der Waals surface area contributed by atoms with Crippen molar-refractivity contribution < 1.29 is 4.74 Å². The van der Waals surface area contributed by atoms with Crippen LogP contribution in [0.4, 0.5) is 0 Å². The lowest BCUT2D eigenvalue weighted by molar-refractivity contribution is 0.411. The van der Waals surface area contributed by atoms with E-state index in [0.717, 1.165) is 11.5 Å². The van der Waals surface area contributed by atoms with Crippen molar-refractivity contribution in [2.24, 2.45) is 0 Å². The van der Waals surface area contributed by atoms with Crippen molar-refractivity contribution in [3.63, 3.8) is 0 Å². The van der Waals surface area contributed by atoms with Gasteiger partial charge in [-0.2, -0.15) is 0 Å². The molecule has 1 aromatic rings. The number of rotatable bonds is 2. The third-order valence-corrected chi connectivity index (χ3v) is 3.03. The Bertz CT molecular complexity index is 466. The molecule has 0 unspecified atom stereocenters. The summed E-state index contributed by atoms with van der Waals surface area (Å²) in [5.74, 6) is 2.31. The Kier molecular flexibility index (Phi) is 2.95. The first kappa shape index (κ1) is 10.7. The summed E-state index contributed by atoms with van der Waals surface area (Å²) in [6.45, 7) is 7.99. The molecule has 0 bridgehead atoms. The maximum Gasteiger partial charge on any atom is 0.131 e. The third-order valence-electron chi connectivity index (χ3n) is 3.03.